The summed E-state index contributed by atoms with van der Waals surface area (Å²) < 4.78 is 63.1. The van der Waals surface area contributed by atoms with Crippen LogP contribution in [0.4, 0.5) is 5.69 Å². The van der Waals surface area contributed by atoms with Gasteiger partial charge in [-0.3, -0.25) is 9.10 Å². The maximum Gasteiger partial charge on any atom is 0.264 e. The summed E-state index contributed by atoms with van der Waals surface area (Å²) >= 11 is 0. The molecule has 1 saturated carbocycles. The van der Waals surface area contributed by atoms with Crippen LogP contribution in [0.15, 0.2) is 47.4 Å². The number of ether oxygens (including phenoxy) is 1. The number of hydrogen-bond donors (Lipinski definition) is 0. The Kier molecular flexibility index (Phi) is 8.83. The molecule has 0 amide bonds. The molecule has 2 fully saturated rings. The van der Waals surface area contributed by atoms with Crippen LogP contribution in [0.25, 0.3) is 0 Å². The highest BCUT2D eigenvalue weighted by Crippen LogP contribution is 2.37. The van der Waals surface area contributed by atoms with Crippen molar-refractivity contribution in [3.8, 4) is 5.75 Å². The first-order valence-corrected chi connectivity index (χ1v) is 17.9. The van der Waals surface area contributed by atoms with Crippen molar-refractivity contribution < 1.29 is 26.4 Å². The monoisotopic (exact) mass is 602 g/mol. The summed E-state index contributed by atoms with van der Waals surface area (Å²) in [6.45, 7) is 7.22. The van der Waals surface area contributed by atoms with Crippen molar-refractivity contribution in [2.75, 3.05) is 23.9 Å². The molecule has 0 N–H and O–H groups in total. The zero-order chi connectivity index (χ0) is 29.4. The van der Waals surface area contributed by atoms with Crippen LogP contribution < -0.4 is 9.04 Å². The third-order valence-electron chi connectivity index (χ3n) is 8.78. The number of Topliss-reactive ketones (excluding diaryl/α,β-unsaturated/α-hetero) is 1. The third kappa shape index (κ3) is 6.20. The fourth-order valence-corrected chi connectivity index (χ4v) is 10.1. The first kappa shape index (κ1) is 30.0. The highest BCUT2D eigenvalue weighted by atomic mass is 32.2. The van der Waals surface area contributed by atoms with Gasteiger partial charge in [0.2, 0.25) is 10.0 Å². The van der Waals surface area contributed by atoms with E-state index in [4.69, 9.17) is 4.74 Å². The Morgan fingerprint density at radius 1 is 0.951 bits per heavy atom. The van der Waals surface area contributed by atoms with Gasteiger partial charge in [0.05, 0.1) is 21.4 Å². The molecule has 2 aromatic carbocycles. The zero-order valence-corrected chi connectivity index (χ0v) is 25.9. The summed E-state index contributed by atoms with van der Waals surface area (Å²) in [6.07, 6.45) is 5.41. The maximum atomic E-state index is 13.9. The maximum absolute atomic E-state index is 13.9. The molecular formula is C31H42N2O6S2. The number of aryl methyl sites for hydroxylation is 1. The van der Waals surface area contributed by atoms with Crippen LogP contribution in [0.1, 0.15) is 81.6 Å². The van der Waals surface area contributed by atoms with E-state index in [0.717, 1.165) is 37.7 Å². The number of hydrogen-bond acceptors (Lipinski definition) is 6. The number of carbonyl (C=O) groups excluding carboxylic acids is 1. The van der Waals surface area contributed by atoms with E-state index in [9.17, 15) is 21.6 Å². The lowest BCUT2D eigenvalue weighted by atomic mass is 9.86. The summed E-state index contributed by atoms with van der Waals surface area (Å²) in [5.41, 5.74) is 2.01. The Morgan fingerprint density at radius 3 is 2.22 bits per heavy atom. The van der Waals surface area contributed by atoms with Crippen LogP contribution in [-0.4, -0.2) is 57.9 Å². The van der Waals surface area contributed by atoms with E-state index in [1.54, 1.807) is 10.4 Å². The van der Waals surface area contributed by atoms with Gasteiger partial charge in [0.1, 0.15) is 11.9 Å². The van der Waals surface area contributed by atoms with Crippen molar-refractivity contribution in [2.45, 2.75) is 88.4 Å². The Balaban J connectivity index is 1.31. The van der Waals surface area contributed by atoms with Gasteiger partial charge in [0, 0.05) is 26.1 Å². The van der Waals surface area contributed by atoms with Gasteiger partial charge in [-0.1, -0.05) is 45.7 Å². The molecule has 10 heteroatoms. The van der Waals surface area contributed by atoms with Crippen molar-refractivity contribution in [1.82, 2.24) is 4.31 Å². The molecule has 224 valence electrons. The number of fused-ring (bicyclic) bond motifs is 1. The van der Waals surface area contributed by atoms with E-state index in [2.05, 4.69) is 6.92 Å². The second-order valence-corrected chi connectivity index (χ2v) is 16.2. The van der Waals surface area contributed by atoms with E-state index in [1.165, 1.54) is 16.4 Å². The van der Waals surface area contributed by atoms with Crippen molar-refractivity contribution >= 4 is 31.5 Å². The van der Waals surface area contributed by atoms with Crippen molar-refractivity contribution in [3.05, 3.63) is 53.6 Å². The smallest absolute Gasteiger partial charge is 0.264 e. The van der Waals surface area contributed by atoms with Crippen molar-refractivity contribution in [2.24, 2.45) is 11.8 Å². The Bertz CT molecular complexity index is 1460. The molecule has 1 atom stereocenters. The van der Waals surface area contributed by atoms with Gasteiger partial charge in [0.25, 0.3) is 10.0 Å². The first-order valence-electron chi connectivity index (χ1n) is 14.9. The average Bonchev–Trinajstić information content (AvgIpc) is 3.52. The van der Waals surface area contributed by atoms with Crippen LogP contribution >= 0.6 is 0 Å². The highest BCUT2D eigenvalue weighted by Gasteiger charge is 2.40. The molecule has 8 nitrogen and oxygen atoms in total. The van der Waals surface area contributed by atoms with Crippen LogP contribution in [0, 0.1) is 11.8 Å². The topological polar surface area (TPSA) is 101 Å². The third-order valence-corrected chi connectivity index (χ3v) is 13.0. The molecule has 2 heterocycles. The zero-order valence-electron chi connectivity index (χ0n) is 24.3. The van der Waals surface area contributed by atoms with Crippen LogP contribution in [0.3, 0.4) is 0 Å². The number of rotatable bonds is 9. The molecule has 1 saturated heterocycles. The summed E-state index contributed by atoms with van der Waals surface area (Å²) in [5.74, 6) is 0.419. The van der Waals surface area contributed by atoms with Gasteiger partial charge in [-0.15, -0.1) is 0 Å². The minimum Gasteiger partial charge on any atom is -0.489 e. The van der Waals surface area contributed by atoms with E-state index >= 15 is 0 Å². The fourth-order valence-electron chi connectivity index (χ4n) is 6.35. The van der Waals surface area contributed by atoms with Crippen molar-refractivity contribution in [3.63, 3.8) is 0 Å². The van der Waals surface area contributed by atoms with E-state index < -0.39 is 20.0 Å². The number of anilines is 1. The summed E-state index contributed by atoms with van der Waals surface area (Å²) in [4.78, 5) is 13.4. The molecule has 41 heavy (non-hydrogen) atoms. The second kappa shape index (κ2) is 12.1. The van der Waals surface area contributed by atoms with Crippen molar-refractivity contribution in [1.29, 1.82) is 0 Å². The highest BCUT2D eigenvalue weighted by molar-refractivity contribution is 7.92. The Morgan fingerprint density at radius 2 is 1.61 bits per heavy atom. The normalized spacial score (nSPS) is 21.2. The molecule has 0 radical (unpaired) electrons. The fraction of sp³-hybridized carbons (Fsp3) is 0.581. The lowest BCUT2D eigenvalue weighted by Gasteiger charge is -2.38. The minimum absolute atomic E-state index is 0.0669. The van der Waals surface area contributed by atoms with E-state index in [1.807, 2.05) is 38.1 Å². The molecule has 0 bridgehead atoms. The lowest BCUT2D eigenvalue weighted by Crippen LogP contribution is -2.46. The molecule has 1 unspecified atom stereocenters. The molecule has 5 rings (SSSR count). The Labute approximate surface area is 245 Å². The number of piperidine rings is 1. The number of benzene rings is 2. The quantitative estimate of drug-likeness (QED) is 0.380. The van der Waals surface area contributed by atoms with Gasteiger partial charge in [-0.05, 0) is 79.8 Å². The summed E-state index contributed by atoms with van der Waals surface area (Å²) in [5, 5.41) is -0.254. The van der Waals surface area contributed by atoms with Crippen LogP contribution in [0.5, 0.6) is 5.75 Å². The molecule has 2 aromatic rings. The molecule has 3 aliphatic rings. The molecule has 0 spiro atoms. The van der Waals surface area contributed by atoms with Crippen LogP contribution in [-0.2, 0) is 26.5 Å². The van der Waals surface area contributed by atoms with E-state index in [0.29, 0.717) is 43.9 Å². The van der Waals surface area contributed by atoms with Gasteiger partial charge in [-0.2, -0.15) is 0 Å². The molecule has 2 aliphatic heterocycles. The second-order valence-electron chi connectivity index (χ2n) is 12.1. The lowest BCUT2D eigenvalue weighted by molar-refractivity contribution is 0.0618. The summed E-state index contributed by atoms with van der Waals surface area (Å²) in [6, 6.07) is 12.1. The Hall–Kier alpha value is -2.43. The predicted octanol–water partition coefficient (Wildman–Crippen LogP) is 5.42. The first-order chi connectivity index (χ1) is 19.5. The predicted molar refractivity (Wildman–Crippen MR) is 160 cm³/mol. The van der Waals surface area contributed by atoms with E-state index in [-0.39, 0.29) is 45.9 Å². The molecular weight excluding hydrogens is 560 g/mol. The number of ketones is 1. The number of carbonyl (C=O) groups is 1. The number of nitrogens with zero attached hydrogens (tertiary/aromatic N) is 2. The molecule has 0 aromatic heterocycles. The summed E-state index contributed by atoms with van der Waals surface area (Å²) in [7, 11) is -7.19. The van der Waals surface area contributed by atoms with Gasteiger partial charge < -0.3 is 4.74 Å². The average molecular weight is 603 g/mol. The van der Waals surface area contributed by atoms with Gasteiger partial charge in [0.15, 0.2) is 5.78 Å². The van der Waals surface area contributed by atoms with Gasteiger partial charge >= 0.3 is 0 Å². The number of sulfonamides is 2. The minimum atomic E-state index is -3.92. The van der Waals surface area contributed by atoms with Gasteiger partial charge in [-0.25, -0.2) is 21.1 Å². The SMILES string of the molecule is CCc1ccc(N(CC(C)C)S(=O)(=O)c2ccc3c(c2)C(=O)CC(C2CCN(S(=O)(=O)C4CCCC4)CC2)O3)cc1. The standard InChI is InChI=1S/C31H42N2O6S2/c1-4-23-9-11-25(12-10-23)33(21-22(2)3)41(37,38)27-13-14-30-28(19-27)29(34)20-31(39-30)24-15-17-32(18-16-24)40(35,36)26-7-5-6-8-26/h9-14,19,22,24,26,31H,4-8,15-18,20-21H2,1-3H3. The largest absolute Gasteiger partial charge is 0.489 e. The van der Waals surface area contributed by atoms with Crippen LogP contribution in [0.2, 0.25) is 0 Å². The molecule has 1 aliphatic carbocycles.